The highest BCUT2D eigenvalue weighted by molar-refractivity contribution is 5.87. The molecule has 3 rings (SSSR count). The zero-order valence-corrected chi connectivity index (χ0v) is 15.9. The second kappa shape index (κ2) is 7.58. The van der Waals surface area contributed by atoms with E-state index in [-0.39, 0.29) is 5.97 Å². The minimum Gasteiger partial charge on any atom is -0.493 e. The fourth-order valence-corrected chi connectivity index (χ4v) is 4.11. The Morgan fingerprint density at radius 2 is 1.81 bits per heavy atom. The maximum Gasteiger partial charge on any atom is 0.332 e. The van der Waals surface area contributed by atoms with Crippen molar-refractivity contribution in [2.75, 3.05) is 28.4 Å². The first-order valence-corrected chi connectivity index (χ1v) is 8.97. The predicted molar refractivity (Wildman–Crippen MR) is 98.6 cm³/mol. The van der Waals surface area contributed by atoms with E-state index in [0.29, 0.717) is 23.3 Å². The van der Waals surface area contributed by atoms with E-state index in [1.807, 2.05) is 0 Å². The third-order valence-electron chi connectivity index (χ3n) is 5.55. The summed E-state index contributed by atoms with van der Waals surface area (Å²) in [5.41, 5.74) is 0.342. The van der Waals surface area contributed by atoms with Crippen molar-refractivity contribution in [2.45, 2.75) is 43.9 Å². The van der Waals surface area contributed by atoms with Crippen molar-refractivity contribution in [1.82, 2.24) is 4.90 Å². The summed E-state index contributed by atoms with van der Waals surface area (Å²) in [5, 5.41) is 0. The number of ether oxygens (including phenoxy) is 4. The summed E-state index contributed by atoms with van der Waals surface area (Å²) in [7, 11) is 6.75. The van der Waals surface area contributed by atoms with Crippen LogP contribution in [0.25, 0.3) is 6.08 Å². The van der Waals surface area contributed by atoms with Gasteiger partial charge in [0.2, 0.25) is 5.75 Å². The maximum atomic E-state index is 12.4. The van der Waals surface area contributed by atoms with Gasteiger partial charge < -0.3 is 18.9 Å². The van der Waals surface area contributed by atoms with Crippen molar-refractivity contribution in [3.8, 4) is 17.2 Å². The van der Waals surface area contributed by atoms with Gasteiger partial charge in [-0.05, 0) is 50.1 Å². The summed E-state index contributed by atoms with van der Waals surface area (Å²) in [5.74, 6) is 1.29. The lowest BCUT2D eigenvalue weighted by Gasteiger charge is -2.41. The molecule has 6 nitrogen and oxygen atoms in total. The van der Waals surface area contributed by atoms with E-state index >= 15 is 0 Å². The molecule has 1 aromatic rings. The van der Waals surface area contributed by atoms with Crippen LogP contribution < -0.4 is 14.2 Å². The average Bonchev–Trinajstić information content (AvgIpc) is 2.83. The Bertz CT molecular complexity index is 672. The largest absolute Gasteiger partial charge is 0.493 e. The Kier molecular flexibility index (Phi) is 5.41. The third kappa shape index (κ3) is 3.38. The minimum atomic E-state index is -0.431. The topological polar surface area (TPSA) is 57.2 Å². The molecule has 2 aliphatic heterocycles. The number of methoxy groups -OCH3 is 3. The molecule has 0 radical (unpaired) electrons. The van der Waals surface area contributed by atoms with Gasteiger partial charge in [-0.25, -0.2) is 4.79 Å². The van der Waals surface area contributed by atoms with Gasteiger partial charge in [0, 0.05) is 25.0 Å². The molecular weight excluding hydrogens is 334 g/mol. The van der Waals surface area contributed by atoms with Crippen molar-refractivity contribution >= 4 is 12.0 Å². The molecule has 0 spiro atoms. The molecule has 0 N–H and O–H groups in total. The molecule has 0 unspecified atom stereocenters. The third-order valence-corrected chi connectivity index (χ3v) is 5.55. The number of esters is 1. The lowest BCUT2D eigenvalue weighted by Crippen LogP contribution is -2.50. The van der Waals surface area contributed by atoms with Gasteiger partial charge in [0.1, 0.15) is 0 Å². The number of piperidine rings is 1. The average molecular weight is 361 g/mol. The van der Waals surface area contributed by atoms with E-state index < -0.39 is 5.72 Å². The minimum absolute atomic E-state index is 0.326. The van der Waals surface area contributed by atoms with Gasteiger partial charge >= 0.3 is 5.97 Å². The number of nitrogens with zero attached hydrogens (tertiary/aromatic N) is 1. The van der Waals surface area contributed by atoms with Crippen molar-refractivity contribution < 1.29 is 23.7 Å². The van der Waals surface area contributed by atoms with Gasteiger partial charge in [0.05, 0.1) is 21.3 Å². The van der Waals surface area contributed by atoms with Crippen LogP contribution >= 0.6 is 0 Å². The molecule has 2 aliphatic rings. The number of hydrogen-bond acceptors (Lipinski definition) is 6. The highest BCUT2D eigenvalue weighted by atomic mass is 16.6. The first-order chi connectivity index (χ1) is 12.5. The summed E-state index contributed by atoms with van der Waals surface area (Å²) in [6.45, 7) is 0. The van der Waals surface area contributed by atoms with E-state index in [9.17, 15) is 4.79 Å². The SMILES string of the molecule is COc1cc(/C=C\C(=O)O[C@]23CCC[C@H](CC2)N3C)cc(OC)c1OC. The van der Waals surface area contributed by atoms with Gasteiger partial charge in [-0.3, -0.25) is 4.90 Å². The second-order valence-corrected chi connectivity index (χ2v) is 6.85. The molecule has 0 aliphatic carbocycles. The maximum absolute atomic E-state index is 12.4. The molecule has 2 heterocycles. The van der Waals surface area contributed by atoms with Crippen LogP contribution in [0.5, 0.6) is 17.2 Å². The van der Waals surface area contributed by atoms with E-state index in [2.05, 4.69) is 11.9 Å². The van der Waals surface area contributed by atoms with E-state index in [1.54, 1.807) is 39.5 Å². The molecule has 2 bridgehead atoms. The van der Waals surface area contributed by atoms with Crippen LogP contribution in [0.15, 0.2) is 18.2 Å². The van der Waals surface area contributed by atoms with E-state index in [4.69, 9.17) is 18.9 Å². The number of carbonyl (C=O) groups excluding carboxylic acids is 1. The summed E-state index contributed by atoms with van der Waals surface area (Å²) >= 11 is 0. The Morgan fingerprint density at radius 3 is 2.42 bits per heavy atom. The molecule has 0 aromatic heterocycles. The van der Waals surface area contributed by atoms with Gasteiger partial charge in [-0.2, -0.15) is 0 Å². The molecule has 26 heavy (non-hydrogen) atoms. The number of carbonyl (C=O) groups is 1. The molecule has 0 amide bonds. The number of rotatable bonds is 6. The molecule has 0 saturated carbocycles. The Balaban J connectivity index is 1.74. The van der Waals surface area contributed by atoms with Gasteiger partial charge in [-0.1, -0.05) is 0 Å². The number of hydrogen-bond donors (Lipinski definition) is 0. The molecule has 2 fully saturated rings. The lowest BCUT2D eigenvalue weighted by atomic mass is 10.0. The van der Waals surface area contributed by atoms with Crippen LogP contribution in [-0.4, -0.2) is 51.0 Å². The zero-order valence-electron chi connectivity index (χ0n) is 15.9. The first kappa shape index (κ1) is 18.6. The lowest BCUT2D eigenvalue weighted by molar-refractivity contribution is -0.179. The van der Waals surface area contributed by atoms with Crippen LogP contribution in [0.3, 0.4) is 0 Å². The fourth-order valence-electron chi connectivity index (χ4n) is 4.11. The molecule has 142 valence electrons. The van der Waals surface area contributed by atoms with Gasteiger partial charge in [0.15, 0.2) is 17.2 Å². The summed E-state index contributed by atoms with van der Waals surface area (Å²) < 4.78 is 21.9. The van der Waals surface area contributed by atoms with Crippen LogP contribution in [0.1, 0.15) is 37.7 Å². The molecule has 1 aromatic carbocycles. The van der Waals surface area contributed by atoms with Crippen molar-refractivity contribution in [1.29, 1.82) is 0 Å². The van der Waals surface area contributed by atoms with Crippen LogP contribution in [0.4, 0.5) is 0 Å². The second-order valence-electron chi connectivity index (χ2n) is 6.85. The van der Waals surface area contributed by atoms with Crippen molar-refractivity contribution in [3.05, 3.63) is 23.8 Å². The number of fused-ring (bicyclic) bond motifs is 2. The summed E-state index contributed by atoms with van der Waals surface area (Å²) in [6.07, 6.45) is 8.39. The van der Waals surface area contributed by atoms with Crippen LogP contribution in [0, 0.1) is 0 Å². The monoisotopic (exact) mass is 361 g/mol. The highest BCUT2D eigenvalue weighted by Gasteiger charge is 2.49. The predicted octanol–water partition coefficient (Wildman–Crippen LogP) is 3.24. The van der Waals surface area contributed by atoms with Gasteiger partial charge in [-0.15, -0.1) is 0 Å². The van der Waals surface area contributed by atoms with E-state index in [1.165, 1.54) is 12.5 Å². The zero-order chi connectivity index (χ0) is 18.7. The summed E-state index contributed by atoms with van der Waals surface area (Å²) in [4.78, 5) is 14.7. The van der Waals surface area contributed by atoms with E-state index in [0.717, 1.165) is 31.2 Å². The molecular formula is C20H27NO5. The summed E-state index contributed by atoms with van der Waals surface area (Å²) in [6, 6.07) is 4.12. The van der Waals surface area contributed by atoms with Crippen molar-refractivity contribution in [3.63, 3.8) is 0 Å². The van der Waals surface area contributed by atoms with Gasteiger partial charge in [0.25, 0.3) is 0 Å². The highest BCUT2D eigenvalue weighted by Crippen LogP contribution is 2.44. The fraction of sp³-hybridized carbons (Fsp3) is 0.550. The van der Waals surface area contributed by atoms with Crippen LogP contribution in [-0.2, 0) is 9.53 Å². The normalized spacial score (nSPS) is 25.3. The molecule has 2 saturated heterocycles. The quantitative estimate of drug-likeness (QED) is 0.573. The van der Waals surface area contributed by atoms with Crippen LogP contribution in [0.2, 0.25) is 0 Å². The molecule has 6 heteroatoms. The molecule has 2 atom stereocenters. The first-order valence-electron chi connectivity index (χ1n) is 8.97. The Labute approximate surface area is 154 Å². The Morgan fingerprint density at radius 1 is 1.12 bits per heavy atom. The Hall–Kier alpha value is -2.21. The number of benzene rings is 1. The standard InChI is InChI=1S/C20H27NO5/c1-21-15-6-5-10-20(21,11-9-15)26-18(22)8-7-14-12-16(23-2)19(25-4)17(13-14)24-3/h7-8,12-13,15H,5-6,9-11H2,1-4H3/b8-7-/t15-,20-/m1/s1. The smallest absolute Gasteiger partial charge is 0.332 e. The van der Waals surface area contributed by atoms with Crippen molar-refractivity contribution in [2.24, 2.45) is 0 Å².